The lowest BCUT2D eigenvalue weighted by atomic mass is 9.92. The highest BCUT2D eigenvalue weighted by atomic mass is 16.1. The van der Waals surface area contributed by atoms with Gasteiger partial charge in [-0.3, -0.25) is 4.79 Å². The molecule has 0 bridgehead atoms. The zero-order valence-corrected chi connectivity index (χ0v) is 16.3. The van der Waals surface area contributed by atoms with Crippen molar-refractivity contribution in [2.45, 2.75) is 46.5 Å². The lowest BCUT2D eigenvalue weighted by molar-refractivity contribution is 0.0952. The van der Waals surface area contributed by atoms with Gasteiger partial charge in [0.1, 0.15) is 17.3 Å². The molecule has 1 aromatic carbocycles. The molecule has 0 fully saturated rings. The summed E-state index contributed by atoms with van der Waals surface area (Å²) in [6, 6.07) is 8.04. The fraction of sp³-hybridized carbons (Fsp3) is 0.381. The van der Waals surface area contributed by atoms with Crippen LogP contribution in [-0.4, -0.2) is 22.4 Å². The van der Waals surface area contributed by atoms with Crippen LogP contribution in [0.3, 0.4) is 0 Å². The van der Waals surface area contributed by atoms with E-state index in [1.807, 2.05) is 0 Å². The molecule has 0 aliphatic heterocycles. The minimum atomic E-state index is -0.236. The third-order valence-corrected chi connectivity index (χ3v) is 4.10. The van der Waals surface area contributed by atoms with Crippen molar-refractivity contribution in [1.29, 1.82) is 0 Å². The van der Waals surface area contributed by atoms with Gasteiger partial charge in [0.05, 0.1) is 0 Å². The molecule has 1 heterocycles. The Bertz CT molecular complexity index is 770. The Hall–Kier alpha value is -2.69. The van der Waals surface area contributed by atoms with Crippen molar-refractivity contribution in [2.24, 2.45) is 0 Å². The normalized spacial score (nSPS) is 10.9. The summed E-state index contributed by atoms with van der Waals surface area (Å²) in [4.78, 5) is 21.0. The lowest BCUT2D eigenvalue weighted by Crippen LogP contribution is -2.24. The van der Waals surface area contributed by atoms with E-state index in [2.05, 4.69) is 73.1 Å². The number of aryl methyl sites for hydroxylation is 1. The minimum absolute atomic E-state index is 0.236. The molecule has 0 aliphatic carbocycles. The minimum Gasteiger partial charge on any atom is -0.347 e. The van der Waals surface area contributed by atoms with E-state index in [1.165, 1.54) is 11.1 Å². The summed E-state index contributed by atoms with van der Waals surface area (Å²) in [6.45, 7) is 14.5. The Balaban J connectivity index is 2.44. The van der Waals surface area contributed by atoms with Crippen molar-refractivity contribution in [3.63, 3.8) is 0 Å². The van der Waals surface area contributed by atoms with Crippen LogP contribution in [-0.2, 0) is 0 Å². The number of benzene rings is 1. The Morgan fingerprint density at radius 3 is 2.31 bits per heavy atom. The Morgan fingerprint density at radius 1 is 1.15 bits per heavy atom. The largest absolute Gasteiger partial charge is 0.347 e. The quantitative estimate of drug-likeness (QED) is 0.709. The third kappa shape index (κ3) is 4.69. The first kappa shape index (κ1) is 19.6. The molecule has 5 nitrogen and oxygen atoms in total. The van der Waals surface area contributed by atoms with Crippen molar-refractivity contribution in [3.05, 3.63) is 59.6 Å². The van der Waals surface area contributed by atoms with E-state index in [1.54, 1.807) is 19.1 Å². The first-order valence-corrected chi connectivity index (χ1v) is 8.98. The Morgan fingerprint density at radius 2 is 1.77 bits per heavy atom. The van der Waals surface area contributed by atoms with Gasteiger partial charge in [-0.1, -0.05) is 52.0 Å². The van der Waals surface area contributed by atoms with Crippen LogP contribution >= 0.6 is 0 Å². The number of amides is 1. The molecule has 0 radical (unpaired) electrons. The third-order valence-electron chi connectivity index (χ3n) is 4.10. The summed E-state index contributed by atoms with van der Waals surface area (Å²) in [7, 11) is 0. The van der Waals surface area contributed by atoms with E-state index in [-0.39, 0.29) is 5.91 Å². The summed E-state index contributed by atoms with van der Waals surface area (Å²) < 4.78 is 0. The molecule has 2 N–H and O–H groups in total. The average Bonchev–Trinajstić information content (AvgIpc) is 2.58. The molecule has 5 heteroatoms. The van der Waals surface area contributed by atoms with E-state index in [9.17, 15) is 4.79 Å². The van der Waals surface area contributed by atoms with Crippen LogP contribution in [0.15, 0.2) is 36.9 Å². The fourth-order valence-electron chi connectivity index (χ4n) is 2.83. The maximum atomic E-state index is 12.2. The van der Waals surface area contributed by atoms with Crippen LogP contribution < -0.4 is 10.6 Å². The van der Waals surface area contributed by atoms with Gasteiger partial charge in [-0.2, -0.15) is 0 Å². The molecule has 1 amide bonds. The maximum absolute atomic E-state index is 12.2. The Kier molecular flexibility index (Phi) is 6.50. The van der Waals surface area contributed by atoms with E-state index in [0.29, 0.717) is 35.7 Å². The highest BCUT2D eigenvalue weighted by Crippen LogP contribution is 2.34. The molecular formula is C21H28N4O. The van der Waals surface area contributed by atoms with Crippen LogP contribution in [0.5, 0.6) is 0 Å². The topological polar surface area (TPSA) is 66.9 Å². The van der Waals surface area contributed by atoms with Crippen LogP contribution in [0.1, 0.15) is 67.0 Å². The molecule has 0 unspecified atom stereocenters. The second-order valence-corrected chi connectivity index (χ2v) is 6.93. The van der Waals surface area contributed by atoms with Crippen LogP contribution in [0.4, 0.5) is 11.5 Å². The van der Waals surface area contributed by atoms with Crippen LogP contribution in [0, 0.1) is 6.92 Å². The number of para-hydroxylation sites is 1. The zero-order chi connectivity index (χ0) is 19.3. The molecule has 0 saturated carbocycles. The molecule has 2 rings (SSSR count). The van der Waals surface area contributed by atoms with Crippen molar-refractivity contribution < 1.29 is 4.79 Å². The van der Waals surface area contributed by atoms with Crippen molar-refractivity contribution in [3.8, 4) is 0 Å². The van der Waals surface area contributed by atoms with E-state index in [4.69, 9.17) is 0 Å². The molecule has 0 atom stereocenters. The summed E-state index contributed by atoms with van der Waals surface area (Å²) in [5, 5.41) is 6.20. The number of rotatable bonds is 7. The first-order chi connectivity index (χ1) is 12.3. The number of nitrogens with zero attached hydrogens (tertiary/aromatic N) is 2. The molecular weight excluding hydrogens is 324 g/mol. The van der Waals surface area contributed by atoms with Gasteiger partial charge in [0, 0.05) is 18.3 Å². The average molecular weight is 352 g/mol. The smallest absolute Gasteiger partial charge is 0.270 e. The molecule has 0 spiro atoms. The number of anilines is 2. The SMILES string of the molecule is C=CCNC(=O)c1cc(Nc2c(C(C)C)cccc2C(C)C)nc(C)n1. The van der Waals surface area contributed by atoms with Gasteiger partial charge >= 0.3 is 0 Å². The number of hydrogen-bond donors (Lipinski definition) is 2. The van der Waals surface area contributed by atoms with E-state index < -0.39 is 0 Å². The molecule has 0 aliphatic rings. The van der Waals surface area contributed by atoms with Gasteiger partial charge in [0.2, 0.25) is 0 Å². The second kappa shape index (κ2) is 8.61. The highest BCUT2D eigenvalue weighted by molar-refractivity contribution is 5.93. The first-order valence-electron chi connectivity index (χ1n) is 8.98. The fourth-order valence-corrected chi connectivity index (χ4v) is 2.83. The lowest BCUT2D eigenvalue weighted by Gasteiger charge is -2.20. The van der Waals surface area contributed by atoms with Gasteiger partial charge in [-0.25, -0.2) is 9.97 Å². The summed E-state index contributed by atoms with van der Waals surface area (Å²) in [6.07, 6.45) is 1.64. The van der Waals surface area contributed by atoms with Crippen LogP contribution in [0.2, 0.25) is 0 Å². The molecule has 2 aromatic rings. The number of carbonyl (C=O) groups is 1. The highest BCUT2D eigenvalue weighted by Gasteiger charge is 2.16. The van der Waals surface area contributed by atoms with Crippen molar-refractivity contribution in [2.75, 3.05) is 11.9 Å². The van der Waals surface area contributed by atoms with Gasteiger partial charge in [0.15, 0.2) is 0 Å². The number of carbonyl (C=O) groups excluding carboxylic acids is 1. The Labute approximate surface area is 156 Å². The standard InChI is InChI=1S/C21H28N4O/c1-7-11-22-21(26)18-12-19(24-15(6)23-18)25-20-16(13(2)3)9-8-10-17(20)14(4)5/h7-10,12-14H,1,11H2,2-6H3,(H,22,26)(H,23,24,25). The summed E-state index contributed by atoms with van der Waals surface area (Å²) in [5.41, 5.74) is 3.86. The van der Waals surface area contributed by atoms with Crippen LogP contribution in [0.25, 0.3) is 0 Å². The molecule has 26 heavy (non-hydrogen) atoms. The molecule has 138 valence electrons. The number of aromatic nitrogens is 2. The van der Waals surface area contributed by atoms with Gasteiger partial charge in [-0.15, -0.1) is 6.58 Å². The van der Waals surface area contributed by atoms with E-state index in [0.717, 1.165) is 5.69 Å². The van der Waals surface area contributed by atoms with E-state index >= 15 is 0 Å². The maximum Gasteiger partial charge on any atom is 0.270 e. The summed E-state index contributed by atoms with van der Waals surface area (Å²) >= 11 is 0. The van der Waals surface area contributed by atoms with Gasteiger partial charge in [0.25, 0.3) is 5.91 Å². The van der Waals surface area contributed by atoms with Gasteiger partial charge < -0.3 is 10.6 Å². The monoisotopic (exact) mass is 352 g/mol. The number of nitrogens with one attached hydrogen (secondary N) is 2. The zero-order valence-electron chi connectivity index (χ0n) is 16.3. The van der Waals surface area contributed by atoms with Crippen molar-refractivity contribution >= 4 is 17.4 Å². The molecule has 0 saturated heterocycles. The predicted molar refractivity (Wildman–Crippen MR) is 107 cm³/mol. The van der Waals surface area contributed by atoms with Crippen molar-refractivity contribution in [1.82, 2.24) is 15.3 Å². The summed E-state index contributed by atoms with van der Waals surface area (Å²) in [5.74, 6) is 1.67. The number of hydrogen-bond acceptors (Lipinski definition) is 4. The molecule has 1 aromatic heterocycles. The second-order valence-electron chi connectivity index (χ2n) is 6.93. The van der Waals surface area contributed by atoms with Gasteiger partial charge in [-0.05, 0) is 29.9 Å². The predicted octanol–water partition coefficient (Wildman–Crippen LogP) is 4.69.